The molecule has 5 heterocycles. The molecule has 2 amide bonds. The van der Waals surface area contributed by atoms with Gasteiger partial charge in [-0.25, -0.2) is 15.0 Å². The molecule has 3 aliphatic rings. The SMILES string of the molecule is CCN1C(=O)[C@H]2CN(c3ncccn3)C[C@H]2C12CCN(C(=O)c1cnc(C)cn1)CC2. The third-order valence-corrected chi connectivity index (χ3v) is 7.20. The van der Waals surface area contributed by atoms with Crippen molar-refractivity contribution < 1.29 is 9.59 Å². The van der Waals surface area contributed by atoms with E-state index < -0.39 is 0 Å². The topological polar surface area (TPSA) is 95.4 Å². The third-order valence-electron chi connectivity index (χ3n) is 7.20. The van der Waals surface area contributed by atoms with Crippen LogP contribution in [-0.4, -0.2) is 79.8 Å². The van der Waals surface area contributed by atoms with Crippen LogP contribution in [0.5, 0.6) is 0 Å². The van der Waals surface area contributed by atoms with Gasteiger partial charge in [0, 0.05) is 57.2 Å². The van der Waals surface area contributed by atoms with Crippen molar-refractivity contribution in [2.45, 2.75) is 32.2 Å². The Morgan fingerprint density at radius 3 is 2.48 bits per heavy atom. The molecule has 0 N–H and O–H groups in total. The van der Waals surface area contributed by atoms with Crippen LogP contribution in [0.25, 0.3) is 0 Å². The van der Waals surface area contributed by atoms with Gasteiger partial charge < -0.3 is 14.7 Å². The fourth-order valence-electron chi connectivity index (χ4n) is 5.71. The summed E-state index contributed by atoms with van der Waals surface area (Å²) in [6, 6.07) is 1.80. The monoisotopic (exact) mass is 421 g/mol. The molecule has 2 atom stereocenters. The van der Waals surface area contributed by atoms with Crippen LogP contribution in [0.4, 0.5) is 5.95 Å². The minimum atomic E-state index is -0.213. The fraction of sp³-hybridized carbons (Fsp3) is 0.545. The highest BCUT2D eigenvalue weighted by Gasteiger charge is 2.61. The molecule has 1 spiro atoms. The Balaban J connectivity index is 1.35. The first-order chi connectivity index (χ1) is 15.0. The Kier molecular flexibility index (Phi) is 4.83. The first-order valence-corrected chi connectivity index (χ1v) is 10.9. The number of piperidine rings is 1. The molecular formula is C22H27N7O2. The van der Waals surface area contributed by atoms with E-state index in [1.165, 1.54) is 0 Å². The highest BCUT2D eigenvalue weighted by Crippen LogP contribution is 2.50. The normalized spacial score (nSPS) is 24.7. The predicted octanol–water partition coefficient (Wildman–Crippen LogP) is 1.16. The van der Waals surface area contributed by atoms with Crippen LogP contribution in [0.15, 0.2) is 30.9 Å². The van der Waals surface area contributed by atoms with E-state index in [1.807, 2.05) is 11.8 Å². The number of carbonyl (C=O) groups excluding carboxylic acids is 2. The summed E-state index contributed by atoms with van der Waals surface area (Å²) in [7, 11) is 0. The molecule has 9 heteroatoms. The van der Waals surface area contributed by atoms with E-state index in [9.17, 15) is 9.59 Å². The summed E-state index contributed by atoms with van der Waals surface area (Å²) in [5, 5.41) is 0. The first kappa shape index (κ1) is 19.8. The number of aromatic nitrogens is 4. The lowest BCUT2D eigenvalue weighted by molar-refractivity contribution is -0.134. The van der Waals surface area contributed by atoms with Crippen molar-refractivity contribution in [2.75, 3.05) is 37.6 Å². The van der Waals surface area contributed by atoms with Gasteiger partial charge in [0.15, 0.2) is 0 Å². The minimum absolute atomic E-state index is 0.0334. The molecule has 0 aromatic carbocycles. The van der Waals surface area contributed by atoms with Gasteiger partial charge in [-0.2, -0.15) is 0 Å². The minimum Gasteiger partial charge on any atom is -0.340 e. The zero-order valence-corrected chi connectivity index (χ0v) is 17.9. The second-order valence-corrected chi connectivity index (χ2v) is 8.69. The smallest absolute Gasteiger partial charge is 0.274 e. The quantitative estimate of drug-likeness (QED) is 0.734. The van der Waals surface area contributed by atoms with Gasteiger partial charge in [-0.1, -0.05) is 0 Å². The number of carbonyl (C=O) groups is 2. The van der Waals surface area contributed by atoms with E-state index in [0.717, 1.165) is 25.1 Å². The van der Waals surface area contributed by atoms with Gasteiger partial charge in [-0.3, -0.25) is 14.6 Å². The van der Waals surface area contributed by atoms with Gasteiger partial charge in [0.25, 0.3) is 5.91 Å². The molecule has 3 saturated heterocycles. The van der Waals surface area contributed by atoms with Gasteiger partial charge >= 0.3 is 0 Å². The van der Waals surface area contributed by atoms with Crippen LogP contribution in [0.1, 0.15) is 35.9 Å². The highest BCUT2D eigenvalue weighted by atomic mass is 16.2. The molecule has 0 bridgehead atoms. The predicted molar refractivity (Wildman–Crippen MR) is 113 cm³/mol. The number of hydrogen-bond donors (Lipinski definition) is 0. The number of anilines is 1. The Labute approximate surface area is 181 Å². The number of hydrogen-bond acceptors (Lipinski definition) is 7. The third kappa shape index (κ3) is 3.14. The number of fused-ring (bicyclic) bond motifs is 2. The van der Waals surface area contributed by atoms with Crippen molar-refractivity contribution in [2.24, 2.45) is 11.8 Å². The van der Waals surface area contributed by atoms with E-state index in [4.69, 9.17) is 0 Å². The summed E-state index contributed by atoms with van der Waals surface area (Å²) in [6.45, 7) is 7.27. The molecule has 9 nitrogen and oxygen atoms in total. The lowest BCUT2D eigenvalue weighted by atomic mass is 9.75. The summed E-state index contributed by atoms with van der Waals surface area (Å²) in [6.07, 6.45) is 8.21. The Bertz CT molecular complexity index is 973. The van der Waals surface area contributed by atoms with Crippen LogP contribution < -0.4 is 4.90 Å². The van der Waals surface area contributed by atoms with Crippen molar-refractivity contribution in [1.82, 2.24) is 29.7 Å². The van der Waals surface area contributed by atoms with Crippen molar-refractivity contribution in [3.05, 3.63) is 42.2 Å². The number of nitrogens with zero attached hydrogens (tertiary/aromatic N) is 7. The molecular weight excluding hydrogens is 394 g/mol. The largest absolute Gasteiger partial charge is 0.340 e. The molecule has 3 fully saturated rings. The summed E-state index contributed by atoms with van der Waals surface area (Å²) in [4.78, 5) is 49.5. The van der Waals surface area contributed by atoms with Gasteiger partial charge in [-0.15, -0.1) is 0 Å². The molecule has 31 heavy (non-hydrogen) atoms. The summed E-state index contributed by atoms with van der Waals surface area (Å²) < 4.78 is 0. The number of aryl methyl sites for hydroxylation is 1. The zero-order valence-electron chi connectivity index (χ0n) is 17.9. The van der Waals surface area contributed by atoms with Crippen molar-refractivity contribution in [3.8, 4) is 0 Å². The maximum Gasteiger partial charge on any atom is 0.274 e. The maximum absolute atomic E-state index is 13.3. The molecule has 0 unspecified atom stereocenters. The Morgan fingerprint density at radius 2 is 1.84 bits per heavy atom. The van der Waals surface area contributed by atoms with Crippen molar-refractivity contribution >= 4 is 17.8 Å². The molecule has 0 radical (unpaired) electrons. The lowest BCUT2D eigenvalue weighted by Gasteiger charge is -2.47. The maximum atomic E-state index is 13.3. The second-order valence-electron chi connectivity index (χ2n) is 8.69. The van der Waals surface area contributed by atoms with Gasteiger partial charge in [0.05, 0.1) is 23.3 Å². The molecule has 3 aliphatic heterocycles. The standard InChI is InChI=1S/C22H27N7O2/c1-3-29-19(30)16-13-28(21-23-7-4-8-24-21)14-17(16)22(29)5-9-27(10-6-22)20(31)18-12-25-15(2)11-26-18/h4,7-8,11-12,16-17H,3,5-6,9-10,13-14H2,1-2H3/t16-,17+/m0/s1. The van der Waals surface area contributed by atoms with Crippen molar-refractivity contribution in [1.29, 1.82) is 0 Å². The Morgan fingerprint density at radius 1 is 1.10 bits per heavy atom. The van der Waals surface area contributed by atoms with Crippen LogP contribution in [-0.2, 0) is 4.79 Å². The lowest BCUT2D eigenvalue weighted by Crippen LogP contribution is -2.58. The average molecular weight is 422 g/mol. The number of amides is 2. The Hall–Kier alpha value is -3.10. The van der Waals surface area contributed by atoms with Crippen molar-refractivity contribution in [3.63, 3.8) is 0 Å². The molecule has 162 valence electrons. The first-order valence-electron chi connectivity index (χ1n) is 10.9. The van der Waals surface area contributed by atoms with Crippen LogP contribution in [0.3, 0.4) is 0 Å². The molecule has 0 saturated carbocycles. The van der Waals surface area contributed by atoms with E-state index in [2.05, 4.69) is 36.7 Å². The van der Waals surface area contributed by atoms with E-state index in [1.54, 1.807) is 30.9 Å². The number of likely N-dealkylation sites (tertiary alicyclic amines) is 2. The van der Waals surface area contributed by atoms with Gasteiger partial charge in [0.2, 0.25) is 11.9 Å². The summed E-state index contributed by atoms with van der Waals surface area (Å²) in [5.74, 6) is 1.02. The van der Waals surface area contributed by atoms with E-state index in [-0.39, 0.29) is 29.2 Å². The molecule has 0 aliphatic carbocycles. The van der Waals surface area contributed by atoms with Gasteiger partial charge in [0.1, 0.15) is 5.69 Å². The van der Waals surface area contributed by atoms with Crippen LogP contribution >= 0.6 is 0 Å². The number of rotatable bonds is 3. The van der Waals surface area contributed by atoms with E-state index >= 15 is 0 Å². The second kappa shape index (κ2) is 7.55. The fourth-order valence-corrected chi connectivity index (χ4v) is 5.71. The van der Waals surface area contributed by atoms with Crippen LogP contribution in [0, 0.1) is 18.8 Å². The molecule has 2 aromatic rings. The zero-order chi connectivity index (χ0) is 21.6. The average Bonchev–Trinajstić information content (AvgIpc) is 3.34. The molecule has 2 aromatic heterocycles. The molecule has 5 rings (SSSR count). The van der Waals surface area contributed by atoms with Crippen LogP contribution in [0.2, 0.25) is 0 Å². The summed E-state index contributed by atoms with van der Waals surface area (Å²) in [5.41, 5.74) is 0.953. The van der Waals surface area contributed by atoms with Gasteiger partial charge in [-0.05, 0) is 32.8 Å². The summed E-state index contributed by atoms with van der Waals surface area (Å²) >= 11 is 0. The highest BCUT2D eigenvalue weighted by molar-refractivity contribution is 5.92. The van der Waals surface area contributed by atoms with E-state index in [0.29, 0.717) is 37.8 Å².